The van der Waals surface area contributed by atoms with E-state index in [1.807, 2.05) is 0 Å². The summed E-state index contributed by atoms with van der Waals surface area (Å²) in [4.78, 5) is 6.97. The lowest BCUT2D eigenvalue weighted by molar-refractivity contribution is 0.266. The summed E-state index contributed by atoms with van der Waals surface area (Å²) < 4.78 is 0. The molecule has 0 N–H and O–H groups in total. The molecule has 0 aliphatic heterocycles. The number of nitrogens with zero attached hydrogens (tertiary/aromatic N) is 2. The minimum absolute atomic E-state index is 0.0385. The van der Waals surface area contributed by atoms with Gasteiger partial charge in [-0.1, -0.05) is 18.2 Å². The van der Waals surface area contributed by atoms with E-state index in [1.54, 1.807) is 0 Å². The van der Waals surface area contributed by atoms with Gasteiger partial charge in [0.15, 0.2) is 0 Å². The van der Waals surface area contributed by atoms with Crippen LogP contribution < -0.4 is 0 Å². The van der Waals surface area contributed by atoms with Crippen LogP contribution in [0.3, 0.4) is 0 Å². The Morgan fingerprint density at radius 2 is 1.76 bits per heavy atom. The molecular weight excluding hydrogens is 256 g/mol. The van der Waals surface area contributed by atoms with E-state index < -0.39 is 0 Å². The second-order valence-electron chi connectivity index (χ2n) is 6.89. The molecule has 1 aromatic carbocycles. The summed E-state index contributed by atoms with van der Waals surface area (Å²) >= 11 is 0. The van der Waals surface area contributed by atoms with Crippen molar-refractivity contribution in [2.24, 2.45) is 0 Å². The lowest BCUT2D eigenvalue weighted by Crippen LogP contribution is -2.36. The van der Waals surface area contributed by atoms with Gasteiger partial charge in [-0.25, -0.2) is 0 Å². The van der Waals surface area contributed by atoms with Gasteiger partial charge in [0, 0.05) is 34.9 Å². The first-order valence-corrected chi connectivity index (χ1v) is 7.43. The van der Waals surface area contributed by atoms with Crippen molar-refractivity contribution in [3.8, 4) is 0 Å². The van der Waals surface area contributed by atoms with E-state index in [1.165, 1.54) is 22.1 Å². The van der Waals surface area contributed by atoms with Crippen molar-refractivity contribution in [3.05, 3.63) is 47.2 Å². The first kappa shape index (κ1) is 15.6. The van der Waals surface area contributed by atoms with E-state index in [4.69, 9.17) is 4.98 Å². The van der Waals surface area contributed by atoms with Crippen molar-refractivity contribution < 1.29 is 0 Å². The summed E-state index contributed by atoms with van der Waals surface area (Å²) in [5, 5.41) is 1.19. The molecule has 0 unspecified atom stereocenters. The van der Waals surface area contributed by atoms with Crippen LogP contribution >= 0.6 is 0 Å². The van der Waals surface area contributed by atoms with E-state index in [0.29, 0.717) is 0 Å². The highest BCUT2D eigenvalue weighted by atomic mass is 15.2. The summed E-state index contributed by atoms with van der Waals surface area (Å²) in [6, 6.07) is 6.43. The SMILES string of the molecule is C=C(c1c(C)c(C)nc2ccc(C)cc12)N(C)C(C)(C)C. The van der Waals surface area contributed by atoms with Crippen molar-refractivity contribution in [3.63, 3.8) is 0 Å². The Morgan fingerprint density at radius 1 is 1.14 bits per heavy atom. The van der Waals surface area contributed by atoms with Gasteiger partial charge in [0.25, 0.3) is 0 Å². The van der Waals surface area contributed by atoms with Gasteiger partial charge in [0.05, 0.1) is 5.52 Å². The standard InChI is InChI=1S/C19H26N2/c1-12-9-10-17-16(11-12)18(13(2)14(3)20-17)15(4)21(8)19(5,6)7/h9-11H,4H2,1-3,5-8H3. The molecule has 2 heteroatoms. The Kier molecular flexibility index (Phi) is 3.83. The number of hydrogen-bond acceptors (Lipinski definition) is 2. The molecular formula is C19H26N2. The molecule has 0 fully saturated rings. The van der Waals surface area contributed by atoms with E-state index in [2.05, 4.69) is 78.3 Å². The first-order valence-electron chi connectivity index (χ1n) is 7.43. The third kappa shape index (κ3) is 2.80. The molecule has 0 saturated heterocycles. The van der Waals surface area contributed by atoms with Crippen molar-refractivity contribution in [2.45, 2.75) is 47.1 Å². The molecule has 0 aliphatic rings. The number of aryl methyl sites for hydroxylation is 2. The molecule has 1 aromatic heterocycles. The second kappa shape index (κ2) is 5.18. The van der Waals surface area contributed by atoms with Crippen LogP contribution in [0.5, 0.6) is 0 Å². The van der Waals surface area contributed by atoms with Crippen LogP contribution in [0.25, 0.3) is 16.6 Å². The average molecular weight is 282 g/mol. The Bertz CT molecular complexity index is 706. The van der Waals surface area contributed by atoms with E-state index in [9.17, 15) is 0 Å². The second-order valence-corrected chi connectivity index (χ2v) is 6.89. The smallest absolute Gasteiger partial charge is 0.0712 e. The van der Waals surface area contributed by atoms with Gasteiger partial charge in [0.2, 0.25) is 0 Å². The Balaban J connectivity index is 2.75. The van der Waals surface area contributed by atoms with Crippen molar-refractivity contribution in [1.82, 2.24) is 9.88 Å². The number of benzene rings is 1. The lowest BCUT2D eigenvalue weighted by Gasteiger charge is -2.36. The number of hydrogen-bond donors (Lipinski definition) is 0. The molecule has 112 valence electrons. The zero-order valence-electron chi connectivity index (χ0n) is 14.3. The normalized spacial score (nSPS) is 11.8. The Labute approximate surface area is 128 Å². The molecule has 0 saturated carbocycles. The van der Waals surface area contributed by atoms with Crippen LogP contribution in [0.15, 0.2) is 24.8 Å². The summed E-state index contributed by atoms with van der Waals surface area (Å²) in [5.74, 6) is 0. The van der Waals surface area contributed by atoms with Gasteiger partial charge < -0.3 is 4.90 Å². The van der Waals surface area contributed by atoms with Crippen LogP contribution in [0, 0.1) is 20.8 Å². The van der Waals surface area contributed by atoms with Crippen molar-refractivity contribution in [2.75, 3.05) is 7.05 Å². The van der Waals surface area contributed by atoms with Crippen molar-refractivity contribution in [1.29, 1.82) is 0 Å². The first-order chi connectivity index (χ1) is 9.62. The average Bonchev–Trinajstić information content (AvgIpc) is 2.38. The number of rotatable bonds is 2. The highest BCUT2D eigenvalue weighted by molar-refractivity contribution is 5.93. The summed E-state index contributed by atoms with van der Waals surface area (Å²) in [6.07, 6.45) is 0. The maximum atomic E-state index is 4.72. The Morgan fingerprint density at radius 3 is 2.33 bits per heavy atom. The predicted molar refractivity (Wildman–Crippen MR) is 92.5 cm³/mol. The summed E-state index contributed by atoms with van der Waals surface area (Å²) in [5.41, 5.74) is 6.90. The van der Waals surface area contributed by atoms with E-state index in [-0.39, 0.29) is 5.54 Å². The zero-order valence-corrected chi connectivity index (χ0v) is 14.3. The van der Waals surface area contributed by atoms with Gasteiger partial charge >= 0.3 is 0 Å². The third-order valence-electron chi connectivity index (χ3n) is 4.33. The highest BCUT2D eigenvalue weighted by Crippen LogP contribution is 2.33. The number of aromatic nitrogens is 1. The largest absolute Gasteiger partial charge is 0.370 e. The number of fused-ring (bicyclic) bond motifs is 1. The lowest BCUT2D eigenvalue weighted by atomic mass is 9.95. The third-order valence-corrected chi connectivity index (χ3v) is 4.33. The quantitative estimate of drug-likeness (QED) is 0.782. The molecule has 1 heterocycles. The maximum Gasteiger partial charge on any atom is 0.0712 e. The minimum Gasteiger partial charge on any atom is -0.370 e. The van der Waals surface area contributed by atoms with Crippen molar-refractivity contribution >= 4 is 16.6 Å². The van der Waals surface area contributed by atoms with Crippen LogP contribution in [0.4, 0.5) is 0 Å². The molecule has 21 heavy (non-hydrogen) atoms. The Hall–Kier alpha value is -1.83. The molecule has 2 aromatic rings. The fourth-order valence-corrected chi connectivity index (χ4v) is 2.54. The van der Waals surface area contributed by atoms with Crippen LogP contribution in [-0.2, 0) is 0 Å². The fraction of sp³-hybridized carbons (Fsp3) is 0.421. The van der Waals surface area contributed by atoms with Gasteiger partial charge in [-0.15, -0.1) is 0 Å². The van der Waals surface area contributed by atoms with Gasteiger partial charge in [-0.05, 0) is 59.2 Å². The van der Waals surface area contributed by atoms with Crippen LogP contribution in [0.1, 0.15) is 43.2 Å². The van der Waals surface area contributed by atoms with Crippen LogP contribution in [0.2, 0.25) is 0 Å². The van der Waals surface area contributed by atoms with Gasteiger partial charge in [-0.2, -0.15) is 0 Å². The monoisotopic (exact) mass is 282 g/mol. The van der Waals surface area contributed by atoms with E-state index in [0.717, 1.165) is 16.9 Å². The number of pyridine rings is 1. The minimum atomic E-state index is 0.0385. The molecule has 2 rings (SSSR count). The molecule has 0 amide bonds. The molecule has 2 nitrogen and oxygen atoms in total. The molecule has 0 bridgehead atoms. The predicted octanol–water partition coefficient (Wildman–Crippen LogP) is 4.86. The van der Waals surface area contributed by atoms with Crippen LogP contribution in [-0.4, -0.2) is 22.5 Å². The van der Waals surface area contributed by atoms with E-state index >= 15 is 0 Å². The summed E-state index contributed by atoms with van der Waals surface area (Å²) in [6.45, 7) is 17.3. The van der Waals surface area contributed by atoms with Gasteiger partial charge in [0.1, 0.15) is 0 Å². The topological polar surface area (TPSA) is 16.1 Å². The fourth-order valence-electron chi connectivity index (χ4n) is 2.54. The molecule has 0 aliphatic carbocycles. The molecule has 0 radical (unpaired) electrons. The van der Waals surface area contributed by atoms with Gasteiger partial charge in [-0.3, -0.25) is 4.98 Å². The molecule has 0 atom stereocenters. The molecule has 0 spiro atoms. The maximum absolute atomic E-state index is 4.72. The highest BCUT2D eigenvalue weighted by Gasteiger charge is 2.22. The summed E-state index contributed by atoms with van der Waals surface area (Å²) in [7, 11) is 2.11. The zero-order chi connectivity index (χ0) is 15.9.